The molecule has 0 saturated carbocycles. The van der Waals surface area contributed by atoms with Crippen LogP contribution in [0.2, 0.25) is 5.02 Å². The van der Waals surface area contributed by atoms with Crippen molar-refractivity contribution in [3.63, 3.8) is 0 Å². The zero-order chi connectivity index (χ0) is 18.1. The fourth-order valence-electron chi connectivity index (χ4n) is 2.43. The van der Waals surface area contributed by atoms with Crippen LogP contribution in [0.25, 0.3) is 10.9 Å². The number of unbranched alkanes of at least 4 members (excludes halogenated alkanes) is 2. The number of H-pyrrole nitrogens is 1. The lowest BCUT2D eigenvalue weighted by molar-refractivity contribution is -0.153. The Morgan fingerprint density at radius 1 is 1.40 bits per heavy atom. The number of aromatic nitrogens is 1. The van der Waals surface area contributed by atoms with Crippen molar-refractivity contribution in [2.45, 2.75) is 32.5 Å². The van der Waals surface area contributed by atoms with Crippen LogP contribution in [0.3, 0.4) is 0 Å². The molecule has 2 aromatic rings. The average Bonchev–Trinajstić information content (AvgIpc) is 3.04. The van der Waals surface area contributed by atoms with Crippen molar-refractivity contribution in [1.82, 2.24) is 10.3 Å². The van der Waals surface area contributed by atoms with Crippen molar-refractivity contribution >= 4 is 28.5 Å². The number of benzene rings is 1. The molecule has 0 bridgehead atoms. The van der Waals surface area contributed by atoms with Crippen LogP contribution in [0.15, 0.2) is 24.3 Å². The van der Waals surface area contributed by atoms with Gasteiger partial charge in [0.1, 0.15) is 5.69 Å². The molecule has 0 amide bonds. The summed E-state index contributed by atoms with van der Waals surface area (Å²) in [5.74, 6) is -0.965. The first kappa shape index (κ1) is 19.7. The first-order chi connectivity index (χ1) is 12.1. The van der Waals surface area contributed by atoms with Gasteiger partial charge in [-0.25, -0.2) is 4.79 Å². The Balaban J connectivity index is 0.000000181. The van der Waals surface area contributed by atoms with Crippen LogP contribution in [-0.2, 0) is 9.47 Å². The normalized spacial score (nSPS) is 17.1. The maximum atomic E-state index is 10.6. The maximum absolute atomic E-state index is 10.6. The van der Waals surface area contributed by atoms with Crippen LogP contribution in [0.5, 0.6) is 0 Å². The Morgan fingerprint density at radius 3 is 2.92 bits per heavy atom. The topological polar surface area (TPSA) is 83.6 Å². The number of nitrogens with one attached hydrogen (secondary N) is 2. The molecule has 0 aliphatic carbocycles. The highest BCUT2D eigenvalue weighted by molar-refractivity contribution is 6.31. The number of carbonyl (C=O) groups is 1. The number of ether oxygens (including phenoxy) is 2. The van der Waals surface area contributed by atoms with Gasteiger partial charge in [0.05, 0.1) is 6.61 Å². The van der Waals surface area contributed by atoms with Gasteiger partial charge in [-0.1, -0.05) is 37.4 Å². The van der Waals surface area contributed by atoms with Crippen molar-refractivity contribution in [2.24, 2.45) is 0 Å². The molecule has 1 aliphatic rings. The van der Waals surface area contributed by atoms with Crippen molar-refractivity contribution in [3.8, 4) is 0 Å². The molecule has 1 atom stereocenters. The molecule has 0 spiro atoms. The Hall–Kier alpha value is -1.60. The third-order valence-electron chi connectivity index (χ3n) is 3.76. The summed E-state index contributed by atoms with van der Waals surface area (Å²) in [7, 11) is 0. The van der Waals surface area contributed by atoms with Gasteiger partial charge in [0.25, 0.3) is 0 Å². The van der Waals surface area contributed by atoms with Crippen LogP contribution in [0.1, 0.15) is 36.7 Å². The molecule has 138 valence electrons. The van der Waals surface area contributed by atoms with E-state index in [1.807, 2.05) is 0 Å². The van der Waals surface area contributed by atoms with Crippen molar-refractivity contribution in [3.05, 3.63) is 35.0 Å². The van der Waals surface area contributed by atoms with Crippen LogP contribution >= 0.6 is 11.6 Å². The molecule has 1 aromatic heterocycles. The van der Waals surface area contributed by atoms with E-state index in [9.17, 15) is 4.79 Å². The van der Waals surface area contributed by atoms with Crippen LogP contribution in [0, 0.1) is 0 Å². The number of aromatic carboxylic acids is 1. The molecule has 7 heteroatoms. The number of fused-ring (bicyclic) bond motifs is 1. The lowest BCUT2D eigenvalue weighted by Gasteiger charge is -2.23. The fraction of sp³-hybridized carbons (Fsp3) is 0.500. The van der Waals surface area contributed by atoms with Gasteiger partial charge >= 0.3 is 5.97 Å². The minimum atomic E-state index is -0.965. The van der Waals surface area contributed by atoms with Crippen molar-refractivity contribution in [1.29, 1.82) is 0 Å². The molecule has 0 radical (unpaired) electrons. The summed E-state index contributed by atoms with van der Waals surface area (Å²) in [6, 6.07) is 6.78. The minimum absolute atomic E-state index is 0.00407. The van der Waals surface area contributed by atoms with E-state index in [0.29, 0.717) is 5.02 Å². The molecular formula is C18H25ClN2O4. The van der Waals surface area contributed by atoms with Gasteiger partial charge in [0, 0.05) is 35.6 Å². The van der Waals surface area contributed by atoms with Gasteiger partial charge in [-0.2, -0.15) is 0 Å². The Kier molecular flexibility index (Phi) is 8.21. The van der Waals surface area contributed by atoms with Crippen LogP contribution < -0.4 is 5.32 Å². The van der Waals surface area contributed by atoms with Gasteiger partial charge in [-0.3, -0.25) is 0 Å². The fourth-order valence-corrected chi connectivity index (χ4v) is 2.60. The number of halogens is 1. The molecule has 25 heavy (non-hydrogen) atoms. The summed E-state index contributed by atoms with van der Waals surface area (Å²) < 4.78 is 10.9. The van der Waals surface area contributed by atoms with Crippen LogP contribution in [-0.4, -0.2) is 48.7 Å². The second-order valence-electron chi connectivity index (χ2n) is 5.80. The average molecular weight is 369 g/mol. The Morgan fingerprint density at radius 2 is 2.24 bits per heavy atom. The van der Waals surface area contributed by atoms with E-state index in [1.165, 1.54) is 12.8 Å². The number of hydrogen-bond acceptors (Lipinski definition) is 4. The summed E-state index contributed by atoms with van der Waals surface area (Å²) >= 11 is 5.74. The molecule has 3 rings (SSSR count). The smallest absolute Gasteiger partial charge is 0.352 e. The minimum Gasteiger partial charge on any atom is -0.477 e. The monoisotopic (exact) mass is 368 g/mol. The number of carboxylic acid groups (broad SMARTS) is 1. The van der Waals surface area contributed by atoms with Crippen molar-refractivity contribution < 1.29 is 19.4 Å². The highest BCUT2D eigenvalue weighted by Crippen LogP contribution is 2.19. The molecule has 2 heterocycles. The quantitative estimate of drug-likeness (QED) is 0.678. The Bertz CT molecular complexity index is 668. The molecule has 1 aliphatic heterocycles. The molecule has 1 aromatic carbocycles. The summed E-state index contributed by atoms with van der Waals surface area (Å²) in [4.78, 5) is 13.3. The molecule has 1 unspecified atom stereocenters. The molecule has 1 saturated heterocycles. The second-order valence-corrected chi connectivity index (χ2v) is 6.24. The molecule has 1 fully saturated rings. The lowest BCUT2D eigenvalue weighted by atomic mass is 10.2. The third-order valence-corrected chi connectivity index (χ3v) is 4.00. The van der Waals surface area contributed by atoms with Crippen molar-refractivity contribution in [2.75, 3.05) is 26.3 Å². The summed E-state index contributed by atoms with van der Waals surface area (Å²) in [5.41, 5.74) is 0.919. The predicted octanol–water partition coefficient (Wildman–Crippen LogP) is 3.66. The number of carboxylic acids is 1. The van der Waals surface area contributed by atoms with E-state index >= 15 is 0 Å². The number of hydrogen-bond donors (Lipinski definition) is 3. The third kappa shape index (κ3) is 6.66. The summed E-state index contributed by atoms with van der Waals surface area (Å²) in [6.07, 6.45) is 3.64. The standard InChI is InChI=1S/C9H6ClNO2.C9H19NO2/c10-6-2-1-5-3-8(9(12)13)11-7(5)4-6;1-2-3-4-6-11-9-8-10-5-7-12-9/h1-4,11H,(H,12,13);9-10H,2-8H2,1H3. The number of rotatable bonds is 6. The van der Waals surface area contributed by atoms with E-state index in [2.05, 4.69) is 17.2 Å². The molecule has 3 N–H and O–H groups in total. The lowest BCUT2D eigenvalue weighted by Crippen LogP contribution is -2.40. The van der Waals surface area contributed by atoms with Gasteiger partial charge in [0.2, 0.25) is 0 Å². The van der Waals surface area contributed by atoms with E-state index in [-0.39, 0.29) is 12.0 Å². The van der Waals surface area contributed by atoms with E-state index in [0.717, 1.165) is 43.6 Å². The van der Waals surface area contributed by atoms with Gasteiger partial charge in [-0.05, 0) is 24.6 Å². The maximum Gasteiger partial charge on any atom is 0.352 e. The first-order valence-electron chi connectivity index (χ1n) is 8.55. The van der Waals surface area contributed by atoms with E-state index in [4.69, 9.17) is 26.2 Å². The zero-order valence-electron chi connectivity index (χ0n) is 14.4. The second kappa shape index (κ2) is 10.4. The molecule has 6 nitrogen and oxygen atoms in total. The summed E-state index contributed by atoms with van der Waals surface area (Å²) in [5, 5.41) is 13.4. The first-order valence-corrected chi connectivity index (χ1v) is 8.93. The van der Waals surface area contributed by atoms with E-state index < -0.39 is 5.97 Å². The SMILES string of the molecule is CCCCCOC1CNCCO1.O=C(O)c1cc2ccc(Cl)cc2[nH]1. The van der Waals surface area contributed by atoms with Gasteiger partial charge in [-0.15, -0.1) is 0 Å². The highest BCUT2D eigenvalue weighted by Gasteiger charge is 2.12. The van der Waals surface area contributed by atoms with Gasteiger partial charge < -0.3 is 24.9 Å². The Labute approximate surface area is 152 Å². The highest BCUT2D eigenvalue weighted by atomic mass is 35.5. The summed E-state index contributed by atoms with van der Waals surface area (Å²) in [6.45, 7) is 5.60. The van der Waals surface area contributed by atoms with E-state index in [1.54, 1.807) is 24.3 Å². The number of aromatic amines is 1. The van der Waals surface area contributed by atoms with Gasteiger partial charge in [0.15, 0.2) is 6.29 Å². The van der Waals surface area contributed by atoms with Crippen LogP contribution in [0.4, 0.5) is 0 Å². The number of morpholine rings is 1. The zero-order valence-corrected chi connectivity index (χ0v) is 15.1. The predicted molar refractivity (Wildman–Crippen MR) is 98.4 cm³/mol. The molecular weight excluding hydrogens is 344 g/mol. The largest absolute Gasteiger partial charge is 0.477 e.